The number of nitrogens with one attached hydrogen (secondary N) is 1. The number of hydrogen-bond donors (Lipinski definition) is 1. The van der Waals surface area contributed by atoms with Gasteiger partial charge in [0.05, 0.1) is 0 Å². The van der Waals surface area contributed by atoms with Crippen molar-refractivity contribution in [3.8, 4) is 69.0 Å². The van der Waals surface area contributed by atoms with Gasteiger partial charge in [0.25, 0.3) is 0 Å². The number of hydrogen-bond acceptors (Lipinski definition) is 20. The van der Waals surface area contributed by atoms with E-state index in [4.69, 9.17) is 88.5 Å². The Morgan fingerprint density at radius 1 is 0.364 bits per heavy atom. The molecule has 0 amide bonds. The summed E-state index contributed by atoms with van der Waals surface area (Å²) >= 11 is 0. The van der Waals surface area contributed by atoms with Gasteiger partial charge in [-0.25, -0.2) is 0 Å². The van der Waals surface area contributed by atoms with Gasteiger partial charge < -0.3 is 0 Å². The molecule has 20 nitrogen and oxygen atoms in total. The molecule has 23 heteroatoms. The Morgan fingerprint density at radius 3 is 0.792 bits per heavy atom. The van der Waals surface area contributed by atoms with Crippen LogP contribution in [0.5, 0.6) is 69.0 Å². The molecule has 0 aromatic heterocycles. The predicted octanol–water partition coefficient (Wildman–Crippen LogP) is 9.58. The molecule has 1 N–H and O–H groups in total. The van der Waals surface area contributed by atoms with Crippen molar-refractivity contribution in [1.29, 1.82) is 0 Å². The van der Waals surface area contributed by atoms with Gasteiger partial charge in [-0.3, -0.25) is 0 Å². The number of rotatable bonds is 32. The molecular formula is C54H57N2O18P3. The van der Waals surface area contributed by atoms with Gasteiger partial charge in [0.1, 0.15) is 0 Å². The molecule has 6 aromatic carbocycles. The molecule has 0 radical (unpaired) electrons. The third-order valence-corrected chi connectivity index (χ3v) is 18.6. The van der Waals surface area contributed by atoms with Crippen molar-refractivity contribution >= 4 is 24.7 Å². The Bertz CT molecular complexity index is 2730. The molecule has 12 rings (SSSR count). The van der Waals surface area contributed by atoms with Crippen molar-refractivity contribution in [3.05, 3.63) is 146 Å². The van der Waals surface area contributed by atoms with Crippen LogP contribution in [0.2, 0.25) is 0 Å². The van der Waals surface area contributed by atoms with E-state index < -0.39 is 15.3 Å². The first-order valence-corrected chi connectivity index (χ1v) is 29.2. The Hall–Kier alpha value is -6.27. The Labute approximate surface area is 447 Å². The van der Waals surface area contributed by atoms with Gasteiger partial charge >= 0.3 is 449 Å². The van der Waals surface area contributed by atoms with Crippen molar-refractivity contribution in [2.24, 2.45) is 4.52 Å². The monoisotopic (exact) mass is 1110 g/mol. The molecule has 6 aliphatic heterocycles. The first kappa shape index (κ1) is 51.5. The van der Waals surface area contributed by atoms with Crippen molar-refractivity contribution in [1.82, 2.24) is 4.86 Å². The summed E-state index contributed by atoms with van der Waals surface area (Å²) < 4.78 is 120. The summed E-state index contributed by atoms with van der Waals surface area (Å²) in [5, 5.41) is 0. The van der Waals surface area contributed by atoms with E-state index in [-0.39, 0.29) is 71.1 Å². The zero-order chi connectivity index (χ0) is 51.9. The number of ether oxygens (including phenoxy) is 12. The van der Waals surface area contributed by atoms with Gasteiger partial charge in [0, 0.05) is 0 Å². The van der Waals surface area contributed by atoms with Crippen molar-refractivity contribution in [2.75, 3.05) is 79.3 Å². The summed E-state index contributed by atoms with van der Waals surface area (Å²) in [6, 6.07) is 42.0. The normalized spacial score (nSPS) is 22.5. The van der Waals surface area contributed by atoms with Gasteiger partial charge in [-0.15, -0.1) is 0 Å². The average Bonchev–Trinajstić information content (AvgIpc) is 4.36. The maximum atomic E-state index is 7.39. The second-order valence-corrected chi connectivity index (χ2v) is 24.0. The van der Waals surface area contributed by atoms with Crippen LogP contribution in [0.4, 0.5) is 0 Å². The molecule has 6 saturated heterocycles. The molecule has 0 aliphatic carbocycles. The van der Waals surface area contributed by atoms with E-state index in [1.807, 2.05) is 18.2 Å². The van der Waals surface area contributed by atoms with E-state index in [0.717, 1.165) is 0 Å². The van der Waals surface area contributed by atoms with Crippen molar-refractivity contribution in [2.45, 2.75) is 36.6 Å². The predicted molar refractivity (Wildman–Crippen MR) is 283 cm³/mol. The van der Waals surface area contributed by atoms with E-state index in [2.05, 4.69) is 14.2 Å². The third-order valence-electron chi connectivity index (χ3n) is 11.8. The van der Waals surface area contributed by atoms with E-state index in [9.17, 15) is 0 Å². The van der Waals surface area contributed by atoms with Crippen LogP contribution in [-0.2, 0) is 28.4 Å². The molecule has 7 atom stereocenters. The van der Waals surface area contributed by atoms with Crippen LogP contribution in [0.3, 0.4) is 0 Å². The van der Waals surface area contributed by atoms with Crippen molar-refractivity contribution in [3.63, 3.8) is 0 Å². The second kappa shape index (κ2) is 23.0. The molecule has 77 heavy (non-hydrogen) atoms. The van der Waals surface area contributed by atoms with Gasteiger partial charge in [0.2, 0.25) is 0 Å². The fourth-order valence-electron chi connectivity index (χ4n) is 7.32. The molecule has 6 heterocycles. The topological polar surface area (TPSA) is 210 Å². The van der Waals surface area contributed by atoms with Crippen LogP contribution in [0.25, 0.3) is 0 Å². The molecule has 406 valence electrons. The van der Waals surface area contributed by atoms with Gasteiger partial charge in [-0.05, 0) is 0 Å². The minimum absolute atomic E-state index is 0.0247. The summed E-state index contributed by atoms with van der Waals surface area (Å²) in [5.74, 6) is 4.08. The average molecular weight is 1110 g/mol. The van der Waals surface area contributed by atoms with Crippen LogP contribution >= 0.6 is 24.7 Å². The maximum absolute atomic E-state index is 7.39. The molecule has 6 aromatic rings. The summed E-state index contributed by atoms with van der Waals surface area (Å²) in [6.45, 7) is 5.53. The summed E-state index contributed by atoms with van der Waals surface area (Å²) in [5.41, 5.74) is 0. The fourth-order valence-corrected chi connectivity index (χ4v) is 13.8. The number of nitrogens with zero attached hydrogens (tertiary/aromatic N) is 1. The molecule has 6 aliphatic rings. The van der Waals surface area contributed by atoms with Crippen LogP contribution in [0, 0.1) is 0 Å². The quantitative estimate of drug-likeness (QED) is 0.0308. The number of epoxide rings is 6. The fraction of sp³-hybridized carbons (Fsp3) is 0.333. The molecular weight excluding hydrogens is 1060 g/mol. The van der Waals surface area contributed by atoms with Crippen LogP contribution < -0.4 is 60.4 Å². The molecule has 0 bridgehead atoms. The molecule has 7 unspecified atom stereocenters. The summed E-state index contributed by atoms with van der Waals surface area (Å²) in [7, 11) is -7.97. The zero-order valence-electron chi connectivity index (χ0n) is 41.6. The van der Waals surface area contributed by atoms with E-state index in [1.165, 1.54) is 0 Å². The molecule has 0 spiro atoms. The first-order valence-electron chi connectivity index (χ1n) is 25.2. The Balaban J connectivity index is 1.07. The zero-order valence-corrected chi connectivity index (χ0v) is 44.5. The van der Waals surface area contributed by atoms with E-state index in [0.29, 0.717) is 114 Å². The second-order valence-electron chi connectivity index (χ2n) is 18.5. The first-order chi connectivity index (χ1) is 37.7. The third kappa shape index (κ3) is 15.1. The van der Waals surface area contributed by atoms with Crippen LogP contribution in [-0.4, -0.2) is 116 Å². The van der Waals surface area contributed by atoms with Gasteiger partial charge in [-0.1, -0.05) is 0 Å². The summed E-state index contributed by atoms with van der Waals surface area (Å²) in [6.07, 6.45) is -0.169. The Kier molecular flexibility index (Phi) is 15.4. The van der Waals surface area contributed by atoms with E-state index >= 15 is 0 Å². The Morgan fingerprint density at radius 2 is 0.571 bits per heavy atom. The van der Waals surface area contributed by atoms with Crippen molar-refractivity contribution < 1.29 is 84.0 Å². The molecule has 6 fully saturated rings. The van der Waals surface area contributed by atoms with E-state index in [1.54, 1.807) is 127 Å². The van der Waals surface area contributed by atoms with Gasteiger partial charge in [0.15, 0.2) is 0 Å². The minimum atomic E-state index is -5.83. The van der Waals surface area contributed by atoms with Crippen LogP contribution in [0.1, 0.15) is 0 Å². The summed E-state index contributed by atoms with van der Waals surface area (Å²) in [4.78, 5) is 3.28. The SMILES string of the molecule is PNP(N=P(Oc1cccc(OCC2CO2)c1)(Oc1cccc(OCC2CO2)c1)Oc1cccc(OCC2CO2)c1)(Oc1cccc(OCC2CO2)c1)(Oc1cccc(OCC2CO2)c1)Oc1cccc(OCC2CO2)c1. The standard InChI is InChI=1S/C54H57N2O18P3/c75-55-77(72-46-16-4-10-40(22-46)60-28-52-34-66-52,73-47-17-5-11-41(23-47)61-29-53-35-67-53,74-48-18-6-12-42(24-48)62-30-54-36-68-54)56-76(69-43-13-1-7-37(19-43)57-25-49-31-63-49,70-44-14-2-8-38(20-44)58-26-50-32-64-50)71-45-15-3-9-39(21-45)59-27-51-33-65-51/h1-24,49-55H,25-36,75H2. The van der Waals surface area contributed by atoms with Crippen LogP contribution in [0.15, 0.2) is 150 Å². The molecule has 0 saturated carbocycles. The van der Waals surface area contributed by atoms with Gasteiger partial charge in [-0.2, -0.15) is 0 Å². The number of benzene rings is 6.